The summed E-state index contributed by atoms with van der Waals surface area (Å²) in [5.41, 5.74) is 1.44. The number of hydrogen-bond donors (Lipinski definition) is 1. The molecule has 0 spiro atoms. The molecule has 2 aliphatic rings. The maximum atomic E-state index is 13.1. The summed E-state index contributed by atoms with van der Waals surface area (Å²) in [7, 11) is 0. The highest BCUT2D eigenvalue weighted by molar-refractivity contribution is 6.04. The summed E-state index contributed by atoms with van der Waals surface area (Å²) in [6, 6.07) is 18.8. The van der Waals surface area contributed by atoms with Crippen LogP contribution in [0.1, 0.15) is 37.2 Å². The summed E-state index contributed by atoms with van der Waals surface area (Å²) in [6.45, 7) is 7.02. The van der Waals surface area contributed by atoms with Crippen molar-refractivity contribution in [3.05, 3.63) is 60.3 Å². The summed E-state index contributed by atoms with van der Waals surface area (Å²) in [6.07, 6.45) is 2.21. The van der Waals surface area contributed by atoms with Crippen LogP contribution in [0.15, 0.2) is 54.6 Å². The van der Waals surface area contributed by atoms with Gasteiger partial charge in [0.2, 0.25) is 0 Å². The SMILES string of the molecule is CC(C)N1C[C@H](Oc2ccccc2)[C@@H]1C1CCN(C(=O)c2n[nH]c3ccccc23)CC1. The van der Waals surface area contributed by atoms with E-state index in [1.807, 2.05) is 59.5 Å². The topological polar surface area (TPSA) is 61.5 Å². The number of ether oxygens (including phenoxy) is 1. The third kappa shape index (κ3) is 3.81. The standard InChI is InChI=1S/C25H30N4O2/c1-17(2)29-16-22(31-19-8-4-3-5-9-19)24(29)18-12-14-28(15-13-18)25(30)23-20-10-6-7-11-21(20)26-27-23/h3-11,17-18,22,24H,12-16H2,1-2H3,(H,26,27)/t22-,24-/m0/s1. The highest BCUT2D eigenvalue weighted by Gasteiger charge is 2.47. The van der Waals surface area contributed by atoms with Crippen molar-refractivity contribution in [2.45, 2.75) is 44.9 Å². The van der Waals surface area contributed by atoms with Crippen LogP contribution >= 0.6 is 0 Å². The fourth-order valence-corrected chi connectivity index (χ4v) is 5.14. The van der Waals surface area contributed by atoms with Crippen molar-refractivity contribution in [3.8, 4) is 5.75 Å². The van der Waals surface area contributed by atoms with E-state index < -0.39 is 0 Å². The van der Waals surface area contributed by atoms with E-state index in [1.165, 1.54) is 0 Å². The fourth-order valence-electron chi connectivity index (χ4n) is 5.14. The molecule has 2 saturated heterocycles. The molecule has 2 fully saturated rings. The molecule has 0 bridgehead atoms. The van der Waals surface area contributed by atoms with Crippen LogP contribution in [-0.4, -0.2) is 63.7 Å². The quantitative estimate of drug-likeness (QED) is 0.681. The molecule has 3 heterocycles. The molecule has 6 heteroatoms. The number of piperidine rings is 1. The smallest absolute Gasteiger partial charge is 0.274 e. The predicted molar refractivity (Wildman–Crippen MR) is 121 cm³/mol. The molecule has 31 heavy (non-hydrogen) atoms. The Balaban J connectivity index is 1.25. The molecule has 2 atom stereocenters. The van der Waals surface area contributed by atoms with Crippen LogP contribution in [0.3, 0.4) is 0 Å². The minimum absolute atomic E-state index is 0.0299. The number of hydrogen-bond acceptors (Lipinski definition) is 4. The average molecular weight is 419 g/mol. The number of H-pyrrole nitrogens is 1. The Morgan fingerprint density at radius 2 is 1.77 bits per heavy atom. The van der Waals surface area contributed by atoms with Crippen LogP contribution in [0.4, 0.5) is 0 Å². The van der Waals surface area contributed by atoms with Gasteiger partial charge in [-0.25, -0.2) is 0 Å². The zero-order chi connectivity index (χ0) is 21.4. The minimum atomic E-state index is 0.0299. The summed E-state index contributed by atoms with van der Waals surface area (Å²) in [4.78, 5) is 17.6. The molecule has 162 valence electrons. The Hall–Kier alpha value is -2.86. The van der Waals surface area contributed by atoms with Crippen LogP contribution in [-0.2, 0) is 0 Å². The molecule has 0 saturated carbocycles. The van der Waals surface area contributed by atoms with Gasteiger partial charge in [-0.15, -0.1) is 0 Å². The average Bonchev–Trinajstić information content (AvgIpc) is 3.21. The van der Waals surface area contributed by atoms with Crippen LogP contribution in [0, 0.1) is 5.92 Å². The summed E-state index contributed by atoms with van der Waals surface area (Å²) in [5.74, 6) is 1.51. The minimum Gasteiger partial charge on any atom is -0.487 e. The zero-order valence-corrected chi connectivity index (χ0v) is 18.2. The van der Waals surface area contributed by atoms with Crippen LogP contribution in [0.5, 0.6) is 5.75 Å². The van der Waals surface area contributed by atoms with E-state index in [2.05, 4.69) is 28.9 Å². The first-order valence-electron chi connectivity index (χ1n) is 11.3. The van der Waals surface area contributed by atoms with Gasteiger partial charge in [-0.2, -0.15) is 5.10 Å². The fraction of sp³-hybridized carbons (Fsp3) is 0.440. The second-order valence-corrected chi connectivity index (χ2v) is 9.00. The van der Waals surface area contributed by atoms with Crippen molar-refractivity contribution >= 4 is 16.8 Å². The molecule has 1 aromatic heterocycles. The van der Waals surface area contributed by atoms with Gasteiger partial charge in [0.05, 0.1) is 11.6 Å². The van der Waals surface area contributed by atoms with E-state index >= 15 is 0 Å². The molecule has 0 unspecified atom stereocenters. The summed E-state index contributed by atoms with van der Waals surface area (Å²) < 4.78 is 6.34. The lowest BCUT2D eigenvalue weighted by Crippen LogP contribution is -2.68. The van der Waals surface area contributed by atoms with Crippen molar-refractivity contribution in [2.75, 3.05) is 19.6 Å². The molecule has 2 aliphatic heterocycles. The van der Waals surface area contributed by atoms with E-state index in [0.717, 1.165) is 49.1 Å². The van der Waals surface area contributed by atoms with Gasteiger partial charge in [-0.1, -0.05) is 36.4 Å². The Labute approximate surface area is 183 Å². The Kier molecular flexibility index (Phi) is 5.40. The number of carbonyl (C=O) groups is 1. The zero-order valence-electron chi connectivity index (χ0n) is 18.2. The number of benzene rings is 2. The van der Waals surface area contributed by atoms with Crippen LogP contribution in [0.25, 0.3) is 10.9 Å². The molecule has 6 nitrogen and oxygen atoms in total. The van der Waals surface area contributed by atoms with Crippen molar-refractivity contribution < 1.29 is 9.53 Å². The Bertz CT molecular complexity index is 1040. The van der Waals surface area contributed by atoms with Crippen molar-refractivity contribution in [1.29, 1.82) is 0 Å². The van der Waals surface area contributed by atoms with Gasteiger partial charge in [-0.3, -0.25) is 14.8 Å². The normalized spacial score (nSPS) is 22.6. The molecular weight excluding hydrogens is 388 g/mol. The number of likely N-dealkylation sites (tertiary alicyclic amines) is 2. The molecular formula is C25H30N4O2. The van der Waals surface area contributed by atoms with Crippen LogP contribution < -0.4 is 4.74 Å². The molecule has 1 N–H and O–H groups in total. The largest absolute Gasteiger partial charge is 0.487 e. The van der Waals surface area contributed by atoms with Crippen molar-refractivity contribution in [1.82, 2.24) is 20.0 Å². The molecule has 1 amide bonds. The lowest BCUT2D eigenvalue weighted by Gasteiger charge is -2.54. The van der Waals surface area contributed by atoms with E-state index in [4.69, 9.17) is 4.74 Å². The predicted octanol–water partition coefficient (Wildman–Crippen LogP) is 3.96. The van der Waals surface area contributed by atoms with Gasteiger partial charge in [0, 0.05) is 31.1 Å². The molecule has 0 radical (unpaired) electrons. The molecule has 3 aromatic rings. The number of carbonyl (C=O) groups excluding carboxylic acids is 1. The number of nitrogens with zero attached hydrogens (tertiary/aromatic N) is 3. The lowest BCUT2D eigenvalue weighted by molar-refractivity contribution is -0.0983. The van der Waals surface area contributed by atoms with E-state index in [9.17, 15) is 4.79 Å². The monoisotopic (exact) mass is 418 g/mol. The number of aromatic nitrogens is 2. The molecule has 2 aromatic carbocycles. The van der Waals surface area contributed by atoms with Gasteiger partial charge in [0.15, 0.2) is 5.69 Å². The van der Waals surface area contributed by atoms with E-state index in [-0.39, 0.29) is 12.0 Å². The number of fused-ring (bicyclic) bond motifs is 1. The number of rotatable bonds is 5. The van der Waals surface area contributed by atoms with Gasteiger partial charge in [0.1, 0.15) is 11.9 Å². The number of aromatic amines is 1. The molecule has 0 aliphatic carbocycles. The van der Waals surface area contributed by atoms with E-state index in [0.29, 0.717) is 23.7 Å². The van der Waals surface area contributed by atoms with Crippen molar-refractivity contribution in [2.24, 2.45) is 5.92 Å². The maximum absolute atomic E-state index is 13.1. The second kappa shape index (κ2) is 8.35. The Morgan fingerprint density at radius 3 is 2.52 bits per heavy atom. The van der Waals surface area contributed by atoms with Gasteiger partial charge < -0.3 is 9.64 Å². The van der Waals surface area contributed by atoms with Gasteiger partial charge in [0.25, 0.3) is 5.91 Å². The third-order valence-electron chi connectivity index (χ3n) is 6.83. The third-order valence-corrected chi connectivity index (χ3v) is 6.83. The van der Waals surface area contributed by atoms with Crippen LogP contribution in [0.2, 0.25) is 0 Å². The highest BCUT2D eigenvalue weighted by Crippen LogP contribution is 2.36. The van der Waals surface area contributed by atoms with Crippen molar-refractivity contribution in [3.63, 3.8) is 0 Å². The summed E-state index contributed by atoms with van der Waals surface area (Å²) in [5, 5.41) is 8.18. The maximum Gasteiger partial charge on any atom is 0.274 e. The number of para-hydroxylation sites is 2. The Morgan fingerprint density at radius 1 is 1.06 bits per heavy atom. The first-order chi connectivity index (χ1) is 15.1. The first-order valence-corrected chi connectivity index (χ1v) is 11.3. The van der Waals surface area contributed by atoms with E-state index in [1.54, 1.807) is 0 Å². The molecule has 5 rings (SSSR count). The second-order valence-electron chi connectivity index (χ2n) is 9.00. The van der Waals surface area contributed by atoms with Gasteiger partial charge >= 0.3 is 0 Å². The summed E-state index contributed by atoms with van der Waals surface area (Å²) >= 11 is 0. The lowest BCUT2D eigenvalue weighted by atomic mass is 9.79. The highest BCUT2D eigenvalue weighted by atomic mass is 16.5. The number of amides is 1. The number of nitrogens with one attached hydrogen (secondary N) is 1. The van der Waals surface area contributed by atoms with Gasteiger partial charge in [-0.05, 0) is 50.8 Å². The first kappa shape index (κ1) is 20.1.